The van der Waals surface area contributed by atoms with Gasteiger partial charge in [-0.05, 0) is 24.1 Å². The molecule has 0 fully saturated rings. The molecule has 0 atom stereocenters. The Morgan fingerprint density at radius 3 is 3.05 bits per heavy atom. The van der Waals surface area contributed by atoms with Crippen LogP contribution in [0.4, 0.5) is 9.52 Å². The van der Waals surface area contributed by atoms with E-state index in [1.807, 2.05) is 6.07 Å². The van der Waals surface area contributed by atoms with Crippen LogP contribution in [0.2, 0.25) is 0 Å². The third-order valence-corrected chi connectivity index (χ3v) is 3.29. The molecule has 1 N–H and O–H groups in total. The van der Waals surface area contributed by atoms with Crippen molar-refractivity contribution in [3.8, 4) is 0 Å². The number of hydrogen-bond donors (Lipinski definition) is 1. The van der Waals surface area contributed by atoms with E-state index >= 15 is 0 Å². The Balaban J connectivity index is 1.77. The Kier molecular flexibility index (Phi) is 5.23. The third kappa shape index (κ3) is 4.57. The van der Waals surface area contributed by atoms with Crippen LogP contribution < -0.4 is 5.32 Å². The number of nitrogens with one attached hydrogen (secondary N) is 1. The number of nitrogens with zero attached hydrogens (tertiary/aromatic N) is 2. The van der Waals surface area contributed by atoms with Gasteiger partial charge in [-0.25, -0.2) is 9.37 Å². The average molecular weight is 281 g/mol. The summed E-state index contributed by atoms with van der Waals surface area (Å²) in [5.74, 6) is 0.593. The highest BCUT2D eigenvalue weighted by Gasteiger charge is 2.03. The van der Waals surface area contributed by atoms with Crippen LogP contribution >= 0.6 is 11.5 Å². The zero-order chi connectivity index (χ0) is 13.5. The summed E-state index contributed by atoms with van der Waals surface area (Å²) >= 11 is 1.34. The molecule has 102 valence electrons. The van der Waals surface area contributed by atoms with Gasteiger partial charge in [0, 0.05) is 31.6 Å². The Morgan fingerprint density at radius 2 is 2.26 bits per heavy atom. The maximum Gasteiger partial charge on any atom is 0.202 e. The fraction of sp³-hybridized carbons (Fsp3) is 0.385. The van der Waals surface area contributed by atoms with Crippen LogP contribution in [-0.4, -0.2) is 29.6 Å². The minimum Gasteiger partial charge on any atom is -0.384 e. The molecule has 0 bridgehead atoms. The molecular weight excluding hydrogens is 265 g/mol. The number of benzene rings is 1. The minimum atomic E-state index is -0.199. The largest absolute Gasteiger partial charge is 0.384 e. The zero-order valence-corrected chi connectivity index (χ0v) is 11.5. The number of halogens is 1. The van der Waals surface area contributed by atoms with Crippen molar-refractivity contribution in [3.63, 3.8) is 0 Å². The van der Waals surface area contributed by atoms with Gasteiger partial charge >= 0.3 is 0 Å². The fourth-order valence-corrected chi connectivity index (χ4v) is 2.26. The summed E-state index contributed by atoms with van der Waals surface area (Å²) < 4.78 is 22.2. The number of anilines is 1. The Labute approximate surface area is 115 Å². The number of ether oxygens (including phenoxy) is 1. The highest BCUT2D eigenvalue weighted by Crippen LogP contribution is 2.12. The molecule has 0 aliphatic rings. The number of hydrogen-bond acceptors (Lipinski definition) is 5. The summed E-state index contributed by atoms with van der Waals surface area (Å²) in [6.07, 6.45) is 1.48. The second-order valence-electron chi connectivity index (χ2n) is 4.07. The van der Waals surface area contributed by atoms with E-state index in [1.165, 1.54) is 17.6 Å². The van der Waals surface area contributed by atoms with Gasteiger partial charge in [0.2, 0.25) is 5.13 Å². The third-order valence-electron chi connectivity index (χ3n) is 2.58. The molecule has 19 heavy (non-hydrogen) atoms. The normalized spacial score (nSPS) is 10.6. The first-order chi connectivity index (χ1) is 9.28. The summed E-state index contributed by atoms with van der Waals surface area (Å²) in [6, 6.07) is 6.63. The molecule has 0 aliphatic carbocycles. The van der Waals surface area contributed by atoms with E-state index < -0.39 is 0 Å². The molecule has 6 heteroatoms. The molecule has 2 aromatic rings. The lowest BCUT2D eigenvalue weighted by Crippen LogP contribution is -2.05. The van der Waals surface area contributed by atoms with Gasteiger partial charge in [0.05, 0.1) is 6.61 Å². The molecule has 2 rings (SSSR count). The van der Waals surface area contributed by atoms with Crippen molar-refractivity contribution in [3.05, 3.63) is 41.5 Å². The highest BCUT2D eigenvalue weighted by atomic mass is 32.1. The van der Waals surface area contributed by atoms with Crippen LogP contribution in [0.15, 0.2) is 24.3 Å². The summed E-state index contributed by atoms with van der Waals surface area (Å²) in [4.78, 5) is 4.34. The molecule has 0 aliphatic heterocycles. The zero-order valence-electron chi connectivity index (χ0n) is 10.7. The van der Waals surface area contributed by atoms with Gasteiger partial charge in [0.1, 0.15) is 11.6 Å². The molecule has 0 radical (unpaired) electrons. The lowest BCUT2D eigenvalue weighted by Gasteiger charge is -2.02. The van der Waals surface area contributed by atoms with Gasteiger partial charge in [-0.1, -0.05) is 12.1 Å². The fourth-order valence-electron chi connectivity index (χ4n) is 1.63. The quantitative estimate of drug-likeness (QED) is 0.847. The van der Waals surface area contributed by atoms with Gasteiger partial charge in [0.25, 0.3) is 0 Å². The highest BCUT2D eigenvalue weighted by molar-refractivity contribution is 7.09. The van der Waals surface area contributed by atoms with Crippen molar-refractivity contribution in [2.75, 3.05) is 25.6 Å². The van der Waals surface area contributed by atoms with E-state index in [9.17, 15) is 4.39 Å². The Bertz CT molecular complexity index is 518. The maximum absolute atomic E-state index is 13.0. The standard InChI is InChI=1S/C13H16FN3OS/c1-18-8-6-12-16-13(19-17-12)15-7-5-10-3-2-4-11(14)9-10/h2-4,9H,5-8H2,1H3,(H,15,16,17). The summed E-state index contributed by atoms with van der Waals surface area (Å²) in [6.45, 7) is 1.34. The number of aromatic nitrogens is 2. The van der Waals surface area contributed by atoms with Gasteiger partial charge in [-0.3, -0.25) is 0 Å². The Hall–Kier alpha value is -1.53. The molecule has 1 aromatic carbocycles. The summed E-state index contributed by atoms with van der Waals surface area (Å²) in [5.41, 5.74) is 0.969. The molecular formula is C13H16FN3OS. The van der Waals surface area contributed by atoms with Crippen molar-refractivity contribution in [2.24, 2.45) is 0 Å². The van der Waals surface area contributed by atoms with Crippen LogP contribution in [0, 0.1) is 5.82 Å². The molecule has 1 heterocycles. The van der Waals surface area contributed by atoms with Crippen LogP contribution in [0.1, 0.15) is 11.4 Å². The maximum atomic E-state index is 13.0. The topological polar surface area (TPSA) is 47.0 Å². The predicted molar refractivity (Wildman–Crippen MR) is 74.1 cm³/mol. The lowest BCUT2D eigenvalue weighted by molar-refractivity contribution is 0.201. The van der Waals surface area contributed by atoms with Gasteiger partial charge < -0.3 is 10.1 Å². The van der Waals surface area contributed by atoms with Gasteiger partial charge in [0.15, 0.2) is 0 Å². The van der Waals surface area contributed by atoms with E-state index in [2.05, 4.69) is 14.7 Å². The molecule has 0 spiro atoms. The lowest BCUT2D eigenvalue weighted by atomic mass is 10.1. The second-order valence-corrected chi connectivity index (χ2v) is 4.82. The monoisotopic (exact) mass is 281 g/mol. The molecule has 0 unspecified atom stereocenters. The van der Waals surface area contributed by atoms with Crippen LogP contribution in [0.25, 0.3) is 0 Å². The number of methoxy groups -OCH3 is 1. The van der Waals surface area contributed by atoms with Gasteiger partial charge in [-0.15, -0.1) is 0 Å². The molecule has 1 aromatic heterocycles. The molecule has 0 saturated carbocycles. The van der Waals surface area contributed by atoms with Crippen molar-refractivity contribution in [1.82, 2.24) is 9.36 Å². The van der Waals surface area contributed by atoms with E-state index in [0.717, 1.165) is 29.4 Å². The van der Waals surface area contributed by atoms with Crippen LogP contribution in [0.3, 0.4) is 0 Å². The van der Waals surface area contributed by atoms with Crippen LogP contribution in [-0.2, 0) is 17.6 Å². The summed E-state index contributed by atoms with van der Waals surface area (Å²) in [5, 5.41) is 3.99. The van der Waals surface area contributed by atoms with Gasteiger partial charge in [-0.2, -0.15) is 4.37 Å². The van der Waals surface area contributed by atoms with Crippen molar-refractivity contribution in [2.45, 2.75) is 12.8 Å². The first kappa shape index (κ1) is 13.9. The smallest absolute Gasteiger partial charge is 0.202 e. The number of rotatable bonds is 7. The van der Waals surface area contributed by atoms with Crippen LogP contribution in [0.5, 0.6) is 0 Å². The van der Waals surface area contributed by atoms with E-state index in [1.54, 1.807) is 19.2 Å². The SMILES string of the molecule is COCCc1nsc(NCCc2cccc(F)c2)n1. The second kappa shape index (κ2) is 7.16. The van der Waals surface area contributed by atoms with E-state index in [-0.39, 0.29) is 5.82 Å². The predicted octanol–water partition coefficient (Wildman–Crippen LogP) is 2.52. The first-order valence-corrected chi connectivity index (χ1v) is 6.85. The van der Waals surface area contributed by atoms with Crippen molar-refractivity contribution < 1.29 is 9.13 Å². The molecule has 0 saturated heterocycles. The van der Waals surface area contributed by atoms with E-state index in [4.69, 9.17) is 4.74 Å². The van der Waals surface area contributed by atoms with Crippen molar-refractivity contribution in [1.29, 1.82) is 0 Å². The first-order valence-electron chi connectivity index (χ1n) is 6.08. The molecule has 4 nitrogen and oxygen atoms in total. The minimum absolute atomic E-state index is 0.199. The van der Waals surface area contributed by atoms with Crippen molar-refractivity contribution >= 4 is 16.7 Å². The summed E-state index contributed by atoms with van der Waals surface area (Å²) in [7, 11) is 1.66. The van der Waals surface area contributed by atoms with E-state index in [0.29, 0.717) is 13.2 Å². The average Bonchev–Trinajstić information content (AvgIpc) is 2.84. The molecule has 0 amide bonds. The Morgan fingerprint density at radius 1 is 1.37 bits per heavy atom.